The van der Waals surface area contributed by atoms with E-state index in [0.29, 0.717) is 17.1 Å². The second-order valence-corrected chi connectivity index (χ2v) is 9.32. The minimum Gasteiger partial charge on any atom is -0.780 e. The minimum absolute atomic E-state index is 0. The predicted octanol–water partition coefficient (Wildman–Crippen LogP) is -2.18. The van der Waals surface area contributed by atoms with Crippen LogP contribution in [-0.4, -0.2) is 14.6 Å². The van der Waals surface area contributed by atoms with Gasteiger partial charge in [0.15, 0.2) is 5.65 Å². The van der Waals surface area contributed by atoms with E-state index in [1.54, 1.807) is 18.2 Å². The fraction of sp³-hybridized carbons (Fsp3) is 0.0400. The topological polar surface area (TPSA) is 123 Å². The van der Waals surface area contributed by atoms with Gasteiger partial charge in [0, 0.05) is 34.5 Å². The van der Waals surface area contributed by atoms with Gasteiger partial charge < -0.3 is 18.9 Å². The minimum atomic E-state index is -5.33. The number of hydrogen-bond acceptors (Lipinski definition) is 6. The summed E-state index contributed by atoms with van der Waals surface area (Å²) in [6.45, 7) is 0. The Morgan fingerprint density at radius 1 is 0.919 bits per heavy atom. The van der Waals surface area contributed by atoms with E-state index < -0.39 is 13.4 Å². The zero-order valence-corrected chi connectivity index (χ0v) is 25.7. The average Bonchev–Trinajstić information content (AvgIpc) is 3.19. The Labute approximate surface area is 261 Å². The van der Waals surface area contributed by atoms with Gasteiger partial charge in [-0.05, 0) is 29.3 Å². The molecule has 0 saturated carbocycles. The van der Waals surface area contributed by atoms with Crippen molar-refractivity contribution in [3.05, 3.63) is 112 Å². The maximum Gasteiger partial charge on any atom is 1.00 e. The standard InChI is InChI=1S/C25H19ClN3O5P.2Na/c26-18-12-10-17(11-13-18)23-21(14-16-6-2-1-3-7-16)28-29-24(23)27-15-20(25(29)30)19-8-4-5-9-22(19)34-35(31,32)33;;/h1-13,15,28H,14H2,(H2,31,32,33);;/q;2*+1/p-2. The summed E-state index contributed by atoms with van der Waals surface area (Å²) >= 11 is 6.08. The maximum atomic E-state index is 13.5. The first-order chi connectivity index (χ1) is 16.8. The molecule has 0 aliphatic rings. The Kier molecular flexibility index (Phi) is 10.1. The van der Waals surface area contributed by atoms with E-state index in [2.05, 4.69) is 14.6 Å². The fourth-order valence-electron chi connectivity index (χ4n) is 3.98. The molecule has 2 heterocycles. The van der Waals surface area contributed by atoms with Gasteiger partial charge in [0.25, 0.3) is 5.56 Å². The Hall–Kier alpha value is -1.68. The molecule has 0 aliphatic heterocycles. The van der Waals surface area contributed by atoms with Crippen LogP contribution in [0.25, 0.3) is 27.9 Å². The van der Waals surface area contributed by atoms with Crippen LogP contribution in [0.4, 0.5) is 0 Å². The Balaban J connectivity index is 0.00000190. The van der Waals surface area contributed by atoms with Gasteiger partial charge in [0.2, 0.25) is 0 Å². The number of para-hydroxylation sites is 1. The number of benzene rings is 3. The van der Waals surface area contributed by atoms with Crippen LogP contribution in [0.1, 0.15) is 11.3 Å². The number of halogens is 1. The quantitative estimate of drug-likeness (QED) is 0.189. The van der Waals surface area contributed by atoms with Crippen molar-refractivity contribution < 1.29 is 78.0 Å². The molecule has 0 aliphatic carbocycles. The molecule has 5 aromatic rings. The van der Waals surface area contributed by atoms with E-state index in [0.717, 1.165) is 22.4 Å². The van der Waals surface area contributed by atoms with Gasteiger partial charge in [-0.2, -0.15) is 0 Å². The number of H-pyrrole nitrogens is 1. The van der Waals surface area contributed by atoms with Gasteiger partial charge in [-0.3, -0.25) is 9.89 Å². The molecule has 8 nitrogen and oxygen atoms in total. The Morgan fingerprint density at radius 3 is 2.24 bits per heavy atom. The molecule has 5 rings (SSSR count). The second kappa shape index (κ2) is 12.5. The third kappa shape index (κ3) is 6.67. The van der Waals surface area contributed by atoms with Gasteiger partial charge in [-0.25, -0.2) is 9.50 Å². The molecule has 12 heteroatoms. The summed E-state index contributed by atoms with van der Waals surface area (Å²) in [7, 11) is -5.33. The van der Waals surface area contributed by atoms with E-state index in [9.17, 15) is 19.1 Å². The Bertz CT molecular complexity index is 1640. The fourth-order valence-corrected chi connectivity index (χ4v) is 4.51. The number of nitrogens with one attached hydrogen (secondary N) is 1. The van der Waals surface area contributed by atoms with Crippen LogP contribution in [0.3, 0.4) is 0 Å². The third-order valence-electron chi connectivity index (χ3n) is 5.48. The number of fused-ring (bicyclic) bond motifs is 1. The normalized spacial score (nSPS) is 11.0. The zero-order valence-electron chi connectivity index (χ0n) is 20.1. The molecule has 0 bridgehead atoms. The van der Waals surface area contributed by atoms with E-state index in [1.807, 2.05) is 42.5 Å². The number of aromatic amines is 1. The molecule has 0 amide bonds. The summed E-state index contributed by atoms with van der Waals surface area (Å²) in [5.41, 5.74) is 3.47. The molecule has 0 atom stereocenters. The van der Waals surface area contributed by atoms with Crippen LogP contribution in [-0.2, 0) is 11.0 Å². The van der Waals surface area contributed by atoms with E-state index in [4.69, 9.17) is 11.6 Å². The van der Waals surface area contributed by atoms with E-state index in [-0.39, 0.29) is 76.0 Å². The summed E-state index contributed by atoms with van der Waals surface area (Å²) in [5, 5.41) is 3.74. The van der Waals surface area contributed by atoms with Crippen LogP contribution in [0, 0.1) is 0 Å². The summed E-state index contributed by atoms with van der Waals surface area (Å²) < 4.78 is 17.1. The van der Waals surface area contributed by atoms with Crippen molar-refractivity contribution in [1.29, 1.82) is 0 Å². The third-order valence-corrected chi connectivity index (χ3v) is 6.15. The molecule has 0 saturated heterocycles. The number of nitrogens with zero attached hydrogens (tertiary/aromatic N) is 2. The molecule has 0 fully saturated rings. The summed E-state index contributed by atoms with van der Waals surface area (Å²) in [6.07, 6.45) is 1.85. The van der Waals surface area contributed by atoms with Crippen LogP contribution < -0.4 is 79.0 Å². The maximum absolute atomic E-state index is 13.5. The van der Waals surface area contributed by atoms with Gasteiger partial charge in [0.05, 0.1) is 5.56 Å². The zero-order chi connectivity index (χ0) is 24.6. The van der Waals surface area contributed by atoms with Crippen LogP contribution in [0.15, 0.2) is 89.9 Å². The smallest absolute Gasteiger partial charge is 0.780 e. The monoisotopic (exact) mass is 551 g/mol. The van der Waals surface area contributed by atoms with E-state index in [1.165, 1.54) is 28.9 Å². The van der Waals surface area contributed by atoms with Crippen LogP contribution in [0.5, 0.6) is 5.75 Å². The number of aromatic nitrogens is 3. The predicted molar refractivity (Wildman–Crippen MR) is 129 cm³/mol. The summed E-state index contributed by atoms with van der Waals surface area (Å²) in [5.74, 6) is -0.242. The first-order valence-corrected chi connectivity index (χ1v) is 12.4. The molecule has 3 aromatic carbocycles. The van der Waals surface area contributed by atoms with Crippen molar-refractivity contribution in [2.75, 3.05) is 0 Å². The SMILES string of the molecule is O=c1c(-c2ccccc2OP(=O)([O-])[O-])cnc2c(-c3ccc(Cl)cc3)c(Cc3ccccc3)[nH]n12.[Na+].[Na+]. The van der Waals surface area contributed by atoms with Crippen molar-refractivity contribution in [2.24, 2.45) is 0 Å². The largest absolute Gasteiger partial charge is 1.00 e. The van der Waals surface area contributed by atoms with Crippen LogP contribution >= 0.6 is 19.4 Å². The van der Waals surface area contributed by atoms with Crippen molar-refractivity contribution >= 4 is 25.1 Å². The number of phosphoric acid groups is 1. The van der Waals surface area contributed by atoms with Gasteiger partial charge in [0.1, 0.15) is 13.6 Å². The number of phosphoric ester groups is 1. The number of rotatable bonds is 6. The average molecular weight is 552 g/mol. The molecule has 37 heavy (non-hydrogen) atoms. The summed E-state index contributed by atoms with van der Waals surface area (Å²) in [4.78, 5) is 40.5. The summed E-state index contributed by atoms with van der Waals surface area (Å²) in [6, 6.07) is 22.9. The van der Waals surface area contributed by atoms with Crippen LogP contribution in [0.2, 0.25) is 5.02 Å². The van der Waals surface area contributed by atoms with Crippen molar-refractivity contribution in [1.82, 2.24) is 14.6 Å². The van der Waals surface area contributed by atoms with E-state index >= 15 is 0 Å². The molecule has 0 radical (unpaired) electrons. The van der Waals surface area contributed by atoms with Gasteiger partial charge in [-0.15, -0.1) is 0 Å². The molecular formula is C25H17ClN3Na2O5P. The first kappa shape index (κ1) is 29.9. The molecule has 176 valence electrons. The van der Waals surface area contributed by atoms with Crippen molar-refractivity contribution in [3.8, 4) is 28.0 Å². The first-order valence-electron chi connectivity index (χ1n) is 10.5. The molecule has 0 spiro atoms. The van der Waals surface area contributed by atoms with Gasteiger partial charge >= 0.3 is 59.1 Å². The van der Waals surface area contributed by atoms with Crippen molar-refractivity contribution in [2.45, 2.75) is 6.42 Å². The number of hydrogen-bond donors (Lipinski definition) is 1. The molecular weight excluding hydrogens is 535 g/mol. The Morgan fingerprint density at radius 2 is 1.57 bits per heavy atom. The second-order valence-electron chi connectivity index (χ2n) is 7.81. The van der Waals surface area contributed by atoms with Crippen molar-refractivity contribution in [3.63, 3.8) is 0 Å². The molecule has 1 N–H and O–H groups in total. The molecule has 0 unspecified atom stereocenters. The molecule has 2 aromatic heterocycles. The van der Waals surface area contributed by atoms with Gasteiger partial charge in [-0.1, -0.05) is 72.3 Å².